The largest absolute Gasteiger partial charge is 0.321 e. The number of hydrogen-bond acceptors (Lipinski definition) is 4. The standard InChI is InChI=1S/C13H13FN4O/c1-3-11-10(6-8(2)17-18-11)13(19)16-9-4-5-12(14)15-7-9/h4-7H,3H2,1-2H3,(H,16,19). The van der Waals surface area contributed by atoms with Crippen LogP contribution in [0.5, 0.6) is 0 Å². The molecule has 0 saturated heterocycles. The third-order valence-electron chi connectivity index (χ3n) is 2.56. The molecule has 0 fully saturated rings. The summed E-state index contributed by atoms with van der Waals surface area (Å²) in [6.07, 6.45) is 1.87. The van der Waals surface area contributed by atoms with Crippen LogP contribution < -0.4 is 5.32 Å². The summed E-state index contributed by atoms with van der Waals surface area (Å²) in [5.74, 6) is -0.892. The van der Waals surface area contributed by atoms with E-state index in [1.807, 2.05) is 6.92 Å². The van der Waals surface area contributed by atoms with Crippen LogP contribution in [0.15, 0.2) is 24.4 Å². The summed E-state index contributed by atoms with van der Waals surface area (Å²) in [7, 11) is 0. The van der Waals surface area contributed by atoms with Gasteiger partial charge in [0.25, 0.3) is 5.91 Å². The summed E-state index contributed by atoms with van der Waals surface area (Å²) in [5, 5.41) is 10.6. The Labute approximate surface area is 109 Å². The molecule has 2 aromatic rings. The Hall–Kier alpha value is -2.37. The van der Waals surface area contributed by atoms with Crippen molar-refractivity contribution in [1.29, 1.82) is 0 Å². The minimum atomic E-state index is -0.589. The summed E-state index contributed by atoms with van der Waals surface area (Å²) in [4.78, 5) is 15.6. The van der Waals surface area contributed by atoms with Crippen molar-refractivity contribution < 1.29 is 9.18 Å². The maximum absolute atomic E-state index is 12.7. The number of amides is 1. The Morgan fingerprint density at radius 1 is 1.37 bits per heavy atom. The third-order valence-corrected chi connectivity index (χ3v) is 2.56. The van der Waals surface area contributed by atoms with Crippen LogP contribution in [0.4, 0.5) is 10.1 Å². The van der Waals surface area contributed by atoms with Crippen LogP contribution in [0.3, 0.4) is 0 Å². The van der Waals surface area contributed by atoms with Crippen LogP contribution in [0.1, 0.15) is 28.7 Å². The fourth-order valence-electron chi connectivity index (χ4n) is 1.62. The van der Waals surface area contributed by atoms with Crippen LogP contribution >= 0.6 is 0 Å². The normalized spacial score (nSPS) is 10.3. The fraction of sp³-hybridized carbons (Fsp3) is 0.231. The molecule has 0 aliphatic heterocycles. The van der Waals surface area contributed by atoms with Crippen LogP contribution in [0.25, 0.3) is 0 Å². The maximum Gasteiger partial charge on any atom is 0.257 e. The molecule has 0 spiro atoms. The van der Waals surface area contributed by atoms with Gasteiger partial charge in [0.1, 0.15) is 0 Å². The molecular formula is C13H13FN4O. The lowest BCUT2D eigenvalue weighted by Gasteiger charge is -2.08. The summed E-state index contributed by atoms with van der Waals surface area (Å²) < 4.78 is 12.7. The number of anilines is 1. The number of aromatic nitrogens is 3. The van der Waals surface area contributed by atoms with Gasteiger partial charge in [-0.2, -0.15) is 14.6 Å². The smallest absolute Gasteiger partial charge is 0.257 e. The van der Waals surface area contributed by atoms with Crippen molar-refractivity contribution in [3.05, 3.63) is 47.3 Å². The van der Waals surface area contributed by atoms with Gasteiger partial charge in [-0.3, -0.25) is 4.79 Å². The lowest BCUT2D eigenvalue weighted by Crippen LogP contribution is -2.16. The number of hydrogen-bond donors (Lipinski definition) is 1. The van der Waals surface area contributed by atoms with E-state index in [1.54, 1.807) is 13.0 Å². The van der Waals surface area contributed by atoms with Gasteiger partial charge in [0.15, 0.2) is 0 Å². The summed E-state index contributed by atoms with van der Waals surface area (Å²) >= 11 is 0. The Bertz CT molecular complexity index is 598. The lowest BCUT2D eigenvalue weighted by atomic mass is 10.1. The molecule has 0 unspecified atom stereocenters. The van der Waals surface area contributed by atoms with E-state index in [-0.39, 0.29) is 5.91 Å². The van der Waals surface area contributed by atoms with Gasteiger partial charge in [-0.15, -0.1) is 0 Å². The highest BCUT2D eigenvalue weighted by atomic mass is 19.1. The second kappa shape index (κ2) is 5.51. The van der Waals surface area contributed by atoms with Crippen molar-refractivity contribution in [1.82, 2.24) is 15.2 Å². The van der Waals surface area contributed by atoms with Gasteiger partial charge in [0.2, 0.25) is 5.95 Å². The molecule has 2 heterocycles. The van der Waals surface area contributed by atoms with E-state index in [4.69, 9.17) is 0 Å². The zero-order chi connectivity index (χ0) is 13.8. The van der Waals surface area contributed by atoms with E-state index in [9.17, 15) is 9.18 Å². The quantitative estimate of drug-likeness (QED) is 0.858. The predicted molar refractivity (Wildman–Crippen MR) is 68.3 cm³/mol. The number of rotatable bonds is 3. The molecule has 0 bridgehead atoms. The third kappa shape index (κ3) is 3.09. The van der Waals surface area contributed by atoms with Crippen LogP contribution in [0.2, 0.25) is 0 Å². The topological polar surface area (TPSA) is 67.8 Å². The van der Waals surface area contributed by atoms with Crippen molar-refractivity contribution in [2.75, 3.05) is 5.32 Å². The maximum atomic E-state index is 12.7. The molecule has 98 valence electrons. The van der Waals surface area contributed by atoms with Gasteiger partial charge >= 0.3 is 0 Å². The molecule has 19 heavy (non-hydrogen) atoms. The number of carbonyl (C=O) groups is 1. The van der Waals surface area contributed by atoms with Crippen molar-refractivity contribution >= 4 is 11.6 Å². The Morgan fingerprint density at radius 3 is 2.79 bits per heavy atom. The molecule has 0 atom stereocenters. The summed E-state index contributed by atoms with van der Waals surface area (Å²) in [6, 6.07) is 4.32. The average molecular weight is 260 g/mol. The highest BCUT2D eigenvalue weighted by molar-refractivity contribution is 6.04. The van der Waals surface area contributed by atoms with Crippen molar-refractivity contribution in [3.8, 4) is 0 Å². The Kier molecular flexibility index (Phi) is 3.79. The first kappa shape index (κ1) is 13.1. The second-order valence-electron chi connectivity index (χ2n) is 4.02. The number of nitrogens with one attached hydrogen (secondary N) is 1. The monoisotopic (exact) mass is 260 g/mol. The fourth-order valence-corrected chi connectivity index (χ4v) is 1.62. The number of halogens is 1. The number of nitrogens with zero attached hydrogens (tertiary/aromatic N) is 3. The van der Waals surface area contributed by atoms with Gasteiger partial charge in [-0.1, -0.05) is 6.92 Å². The average Bonchev–Trinajstić information content (AvgIpc) is 2.41. The van der Waals surface area contributed by atoms with Gasteiger partial charge in [0.05, 0.1) is 28.8 Å². The summed E-state index contributed by atoms with van der Waals surface area (Å²) in [6.45, 7) is 3.66. The Morgan fingerprint density at radius 2 is 2.16 bits per heavy atom. The predicted octanol–water partition coefficient (Wildman–Crippen LogP) is 2.13. The van der Waals surface area contributed by atoms with E-state index in [1.165, 1.54) is 18.3 Å². The van der Waals surface area contributed by atoms with Crippen LogP contribution in [-0.2, 0) is 6.42 Å². The number of aryl methyl sites for hydroxylation is 2. The first-order valence-electron chi connectivity index (χ1n) is 5.86. The first-order chi connectivity index (χ1) is 9.10. The second-order valence-corrected chi connectivity index (χ2v) is 4.02. The van der Waals surface area contributed by atoms with E-state index in [0.29, 0.717) is 29.1 Å². The van der Waals surface area contributed by atoms with Gasteiger partial charge in [-0.25, -0.2) is 4.98 Å². The number of pyridine rings is 1. The van der Waals surface area contributed by atoms with Gasteiger partial charge < -0.3 is 5.32 Å². The molecule has 6 heteroatoms. The molecule has 0 aliphatic rings. The molecule has 0 saturated carbocycles. The van der Waals surface area contributed by atoms with E-state index in [0.717, 1.165) is 0 Å². The molecule has 1 amide bonds. The minimum Gasteiger partial charge on any atom is -0.321 e. The summed E-state index contributed by atoms with van der Waals surface area (Å²) in [5.41, 5.74) is 2.19. The molecular weight excluding hydrogens is 247 g/mol. The highest BCUT2D eigenvalue weighted by Gasteiger charge is 2.13. The lowest BCUT2D eigenvalue weighted by molar-refractivity contribution is 0.102. The molecule has 2 aromatic heterocycles. The van der Waals surface area contributed by atoms with E-state index >= 15 is 0 Å². The first-order valence-corrected chi connectivity index (χ1v) is 5.86. The molecule has 0 aliphatic carbocycles. The SMILES string of the molecule is CCc1nnc(C)cc1C(=O)Nc1ccc(F)nc1. The van der Waals surface area contributed by atoms with Crippen molar-refractivity contribution in [3.63, 3.8) is 0 Å². The molecule has 2 rings (SSSR count). The highest BCUT2D eigenvalue weighted by Crippen LogP contribution is 2.12. The van der Waals surface area contributed by atoms with Crippen LogP contribution in [-0.4, -0.2) is 21.1 Å². The molecule has 1 N–H and O–H groups in total. The Balaban J connectivity index is 2.24. The van der Waals surface area contributed by atoms with Crippen LogP contribution in [0, 0.1) is 12.9 Å². The van der Waals surface area contributed by atoms with Gasteiger partial charge in [-0.05, 0) is 31.5 Å². The number of carbonyl (C=O) groups excluding carboxylic acids is 1. The molecule has 0 aromatic carbocycles. The van der Waals surface area contributed by atoms with E-state index < -0.39 is 5.95 Å². The molecule has 5 nitrogen and oxygen atoms in total. The molecule has 0 radical (unpaired) electrons. The zero-order valence-electron chi connectivity index (χ0n) is 10.6. The van der Waals surface area contributed by atoms with Crippen molar-refractivity contribution in [2.24, 2.45) is 0 Å². The zero-order valence-corrected chi connectivity index (χ0v) is 10.6. The van der Waals surface area contributed by atoms with Crippen molar-refractivity contribution in [2.45, 2.75) is 20.3 Å². The van der Waals surface area contributed by atoms with Gasteiger partial charge in [0, 0.05) is 0 Å². The minimum absolute atomic E-state index is 0.303. The van der Waals surface area contributed by atoms with E-state index in [2.05, 4.69) is 20.5 Å².